The monoisotopic (exact) mass is 336 g/mol. The first-order valence-electron chi connectivity index (χ1n) is 6.22. The first-order valence-corrected chi connectivity index (χ1v) is 8.92. The van der Waals surface area contributed by atoms with Crippen molar-refractivity contribution in [3.05, 3.63) is 29.8 Å². The summed E-state index contributed by atoms with van der Waals surface area (Å²) in [5, 5.41) is 0. The van der Waals surface area contributed by atoms with E-state index < -0.39 is 21.8 Å². The predicted molar refractivity (Wildman–Crippen MR) is 81.9 cm³/mol. The SMILES string of the molecule is CCCCP(=O)(O)C(=O)OCc1ccccc1N.O=[PH+]O. The number of rotatable bonds is 6. The molecule has 7 nitrogen and oxygen atoms in total. The van der Waals surface area contributed by atoms with Gasteiger partial charge in [-0.15, -0.1) is 0 Å². The van der Waals surface area contributed by atoms with Gasteiger partial charge in [-0.05, 0) is 17.1 Å². The van der Waals surface area contributed by atoms with Gasteiger partial charge >= 0.3 is 21.8 Å². The second kappa shape index (κ2) is 10.5. The number of anilines is 1. The molecule has 1 rings (SSSR count). The summed E-state index contributed by atoms with van der Waals surface area (Å²) in [6.45, 7) is 1.80. The van der Waals surface area contributed by atoms with Gasteiger partial charge in [0.25, 0.3) is 0 Å². The molecule has 0 saturated carbocycles. The highest BCUT2D eigenvalue weighted by Crippen LogP contribution is 2.43. The maximum absolute atomic E-state index is 11.6. The molecule has 21 heavy (non-hydrogen) atoms. The number of hydrogen-bond acceptors (Lipinski definition) is 5. The minimum atomic E-state index is -3.85. The van der Waals surface area contributed by atoms with Crippen LogP contribution in [0.25, 0.3) is 0 Å². The zero-order valence-electron chi connectivity index (χ0n) is 11.7. The van der Waals surface area contributed by atoms with E-state index in [9.17, 15) is 14.3 Å². The van der Waals surface area contributed by atoms with Gasteiger partial charge in [0.2, 0.25) is 0 Å². The second-order valence-corrected chi connectivity index (χ2v) is 6.52. The highest BCUT2D eigenvalue weighted by molar-refractivity contribution is 7.74. The van der Waals surface area contributed by atoms with Gasteiger partial charge in [0.1, 0.15) is 6.61 Å². The van der Waals surface area contributed by atoms with Crippen molar-refractivity contribution in [2.75, 3.05) is 11.9 Å². The van der Waals surface area contributed by atoms with Crippen molar-refractivity contribution in [2.45, 2.75) is 26.4 Å². The molecule has 118 valence electrons. The Morgan fingerprint density at radius 1 is 1.43 bits per heavy atom. The van der Waals surface area contributed by atoms with Crippen LogP contribution in [0.1, 0.15) is 25.3 Å². The number of ether oxygens (including phenoxy) is 1. The first-order chi connectivity index (χ1) is 9.88. The van der Waals surface area contributed by atoms with Gasteiger partial charge in [0.15, 0.2) is 0 Å². The molecule has 0 amide bonds. The van der Waals surface area contributed by atoms with Gasteiger partial charge in [-0.2, -0.15) is 4.89 Å². The van der Waals surface area contributed by atoms with Crippen LogP contribution in [0.4, 0.5) is 10.5 Å². The van der Waals surface area contributed by atoms with E-state index in [0.29, 0.717) is 17.7 Å². The molecule has 0 bridgehead atoms. The summed E-state index contributed by atoms with van der Waals surface area (Å²) in [6.07, 6.45) is 1.24. The van der Waals surface area contributed by atoms with Crippen LogP contribution < -0.4 is 5.73 Å². The van der Waals surface area contributed by atoms with Crippen LogP contribution in [0, 0.1) is 0 Å². The van der Waals surface area contributed by atoms with Crippen LogP contribution in [-0.4, -0.2) is 21.7 Å². The molecule has 0 fully saturated rings. The molecule has 4 N–H and O–H groups in total. The lowest BCUT2D eigenvalue weighted by Crippen LogP contribution is -2.07. The molecule has 1 aromatic rings. The number of para-hydroxylation sites is 1. The Bertz CT molecular complexity index is 508. The highest BCUT2D eigenvalue weighted by atomic mass is 31.2. The number of benzene rings is 1. The fraction of sp³-hybridized carbons (Fsp3) is 0.417. The van der Waals surface area contributed by atoms with E-state index in [-0.39, 0.29) is 12.8 Å². The minimum absolute atomic E-state index is 0.0351. The second-order valence-electron chi connectivity index (χ2n) is 4.12. The van der Waals surface area contributed by atoms with Gasteiger partial charge in [0.05, 0.1) is 0 Å². The Labute approximate surface area is 124 Å². The average molecular weight is 336 g/mol. The first kappa shape index (κ1) is 19.7. The van der Waals surface area contributed by atoms with Gasteiger partial charge in [-0.1, -0.05) is 31.5 Å². The fourth-order valence-corrected chi connectivity index (χ4v) is 2.56. The van der Waals surface area contributed by atoms with Crippen LogP contribution in [0.5, 0.6) is 0 Å². The summed E-state index contributed by atoms with van der Waals surface area (Å²) in [6, 6.07) is 6.91. The van der Waals surface area contributed by atoms with Crippen molar-refractivity contribution in [1.29, 1.82) is 0 Å². The zero-order valence-corrected chi connectivity index (χ0v) is 13.6. The molecule has 2 atom stereocenters. The summed E-state index contributed by atoms with van der Waals surface area (Å²) in [5.74, 6) is 0. The Morgan fingerprint density at radius 3 is 2.52 bits per heavy atom. The Kier molecular flexibility index (Phi) is 9.84. The number of nitrogens with two attached hydrogens (primary N) is 1. The third-order valence-corrected chi connectivity index (χ3v) is 4.13. The van der Waals surface area contributed by atoms with Gasteiger partial charge in [-0.25, -0.2) is 4.79 Å². The molecule has 0 aliphatic heterocycles. The topological polar surface area (TPSA) is 127 Å². The quantitative estimate of drug-likeness (QED) is 0.538. The molecule has 2 unspecified atom stereocenters. The molecular formula is C12H20NO6P2+. The highest BCUT2D eigenvalue weighted by Gasteiger charge is 2.30. The van der Waals surface area contributed by atoms with Crippen molar-refractivity contribution in [3.8, 4) is 0 Å². The summed E-state index contributed by atoms with van der Waals surface area (Å²) in [5.41, 5.74) is 5.75. The third kappa shape index (κ3) is 7.93. The Hall–Kier alpha value is -1.26. The Morgan fingerprint density at radius 2 is 2.00 bits per heavy atom. The number of hydrogen-bond donors (Lipinski definition) is 3. The van der Waals surface area contributed by atoms with Gasteiger partial charge in [0, 0.05) is 17.4 Å². The van der Waals surface area contributed by atoms with E-state index >= 15 is 0 Å². The van der Waals surface area contributed by atoms with Gasteiger partial charge < -0.3 is 15.4 Å². The van der Waals surface area contributed by atoms with Crippen LogP contribution in [-0.2, 0) is 20.5 Å². The standard InChI is InChI=1S/C12H18NO4P.HO2P/c1-2-3-8-18(15,16)12(14)17-9-10-6-4-5-7-11(10)13;1-3-2/h4-7H,2-3,8-9,13H2,1H3,(H,15,16);3H/p+1. The molecule has 0 aliphatic carbocycles. The number of carbonyl (C=O) groups excluding carboxylic acids is 1. The van der Waals surface area contributed by atoms with Crippen molar-refractivity contribution < 1.29 is 28.4 Å². The number of unbranched alkanes of at least 4 members (excludes halogenated alkanes) is 1. The zero-order chi connectivity index (χ0) is 16.3. The van der Waals surface area contributed by atoms with Crippen LogP contribution in [0.3, 0.4) is 0 Å². The predicted octanol–water partition coefficient (Wildman–Crippen LogP) is 2.89. The lowest BCUT2D eigenvalue weighted by atomic mass is 10.2. The smallest absolute Gasteiger partial charge is 0.454 e. The lowest BCUT2D eigenvalue weighted by molar-refractivity contribution is 0.162. The minimum Gasteiger partial charge on any atom is -0.454 e. The summed E-state index contributed by atoms with van der Waals surface area (Å²) < 4.78 is 25.0. The van der Waals surface area contributed by atoms with E-state index in [1.165, 1.54) is 0 Å². The molecule has 0 aromatic heterocycles. The number of carbonyl (C=O) groups is 1. The molecule has 0 heterocycles. The van der Waals surface area contributed by atoms with Crippen molar-refractivity contribution >= 4 is 27.5 Å². The molecule has 0 aliphatic rings. The van der Waals surface area contributed by atoms with Crippen LogP contribution >= 0.6 is 16.1 Å². The van der Waals surface area contributed by atoms with Crippen molar-refractivity contribution in [2.24, 2.45) is 0 Å². The largest absolute Gasteiger partial charge is 0.491 e. The maximum atomic E-state index is 11.6. The van der Waals surface area contributed by atoms with Crippen LogP contribution in [0.2, 0.25) is 0 Å². The van der Waals surface area contributed by atoms with E-state index in [1.807, 2.05) is 6.92 Å². The fourth-order valence-electron chi connectivity index (χ4n) is 1.37. The summed E-state index contributed by atoms with van der Waals surface area (Å²) >= 11 is 0. The molecule has 0 radical (unpaired) electrons. The van der Waals surface area contributed by atoms with E-state index in [0.717, 1.165) is 6.42 Å². The average Bonchev–Trinajstić information content (AvgIpc) is 2.45. The van der Waals surface area contributed by atoms with E-state index in [4.69, 9.17) is 19.9 Å². The number of nitrogen functional groups attached to an aromatic ring is 1. The van der Waals surface area contributed by atoms with Crippen LogP contribution in [0.15, 0.2) is 24.3 Å². The Balaban J connectivity index is 0.00000122. The molecule has 0 spiro atoms. The van der Waals surface area contributed by atoms with Crippen molar-refractivity contribution in [3.63, 3.8) is 0 Å². The van der Waals surface area contributed by atoms with E-state index in [2.05, 4.69) is 0 Å². The maximum Gasteiger partial charge on any atom is 0.491 e. The molecule has 0 saturated heterocycles. The van der Waals surface area contributed by atoms with Gasteiger partial charge in [-0.3, -0.25) is 4.57 Å². The van der Waals surface area contributed by atoms with Crippen molar-refractivity contribution in [1.82, 2.24) is 0 Å². The third-order valence-electron chi connectivity index (χ3n) is 2.51. The molecular weight excluding hydrogens is 316 g/mol. The summed E-state index contributed by atoms with van der Waals surface area (Å²) in [7, 11) is -5.02. The lowest BCUT2D eigenvalue weighted by Gasteiger charge is -2.11. The molecule has 1 aromatic carbocycles. The molecule has 9 heteroatoms. The normalized spacial score (nSPS) is 12.9. The van der Waals surface area contributed by atoms with E-state index in [1.54, 1.807) is 24.3 Å². The summed E-state index contributed by atoms with van der Waals surface area (Å²) in [4.78, 5) is 28.0.